The minimum atomic E-state index is -0.809. The van der Waals surface area contributed by atoms with E-state index in [1.54, 1.807) is 29.6 Å². The second kappa shape index (κ2) is 4.83. The zero-order valence-corrected chi connectivity index (χ0v) is 8.87. The number of hydrogen-bond acceptors (Lipinski definition) is 4. The van der Waals surface area contributed by atoms with Gasteiger partial charge in [0.15, 0.2) is 0 Å². The highest BCUT2D eigenvalue weighted by Crippen LogP contribution is 2.17. The normalized spacial score (nSPS) is 21.5. The molecule has 0 saturated carbocycles. The third-order valence-corrected chi connectivity index (χ3v) is 2.64. The van der Waals surface area contributed by atoms with Crippen LogP contribution in [-0.4, -0.2) is 34.9 Å². The number of nitrogens with zero attached hydrogens (tertiary/aromatic N) is 2. The molecule has 1 aliphatic rings. The average Bonchev–Trinajstić information content (AvgIpc) is 2.79. The maximum atomic E-state index is 11.0. The molecule has 16 heavy (non-hydrogen) atoms. The molecule has 1 atom stereocenters. The highest BCUT2D eigenvalue weighted by molar-refractivity contribution is 5.76. The van der Waals surface area contributed by atoms with Crippen molar-refractivity contribution in [3.05, 3.63) is 24.2 Å². The number of hydrogen-bond donors (Lipinski definition) is 1. The van der Waals surface area contributed by atoms with Crippen molar-refractivity contribution in [2.24, 2.45) is 5.10 Å². The van der Waals surface area contributed by atoms with E-state index in [0.29, 0.717) is 18.7 Å². The minimum absolute atomic E-state index is 0.500. The van der Waals surface area contributed by atoms with Crippen molar-refractivity contribution < 1.29 is 14.3 Å². The van der Waals surface area contributed by atoms with E-state index in [-0.39, 0.29) is 0 Å². The van der Waals surface area contributed by atoms with Crippen LogP contribution in [0.5, 0.6) is 0 Å². The van der Waals surface area contributed by atoms with Crippen LogP contribution in [0.4, 0.5) is 0 Å². The summed E-state index contributed by atoms with van der Waals surface area (Å²) in [4.78, 5) is 11.0. The maximum Gasteiger partial charge on any atom is 0.328 e. The van der Waals surface area contributed by atoms with E-state index in [9.17, 15) is 4.79 Å². The molecule has 1 aliphatic heterocycles. The molecule has 0 aliphatic carbocycles. The largest absolute Gasteiger partial charge is 0.480 e. The highest BCUT2D eigenvalue weighted by Gasteiger charge is 2.27. The molecule has 2 heterocycles. The predicted molar refractivity (Wildman–Crippen MR) is 58.3 cm³/mol. The van der Waals surface area contributed by atoms with Crippen molar-refractivity contribution in [3.63, 3.8) is 0 Å². The third kappa shape index (κ3) is 2.42. The van der Waals surface area contributed by atoms with Gasteiger partial charge in [-0.05, 0) is 31.4 Å². The van der Waals surface area contributed by atoms with Crippen LogP contribution in [0, 0.1) is 0 Å². The van der Waals surface area contributed by atoms with Crippen molar-refractivity contribution >= 4 is 12.2 Å². The van der Waals surface area contributed by atoms with Crippen LogP contribution in [0.3, 0.4) is 0 Å². The molecule has 1 aromatic heterocycles. The van der Waals surface area contributed by atoms with E-state index in [1.807, 2.05) is 0 Å². The van der Waals surface area contributed by atoms with Crippen LogP contribution >= 0.6 is 0 Å². The van der Waals surface area contributed by atoms with E-state index in [2.05, 4.69) is 5.10 Å². The number of piperidine rings is 1. The van der Waals surface area contributed by atoms with Crippen LogP contribution in [0.2, 0.25) is 0 Å². The van der Waals surface area contributed by atoms with Gasteiger partial charge in [0.25, 0.3) is 0 Å². The van der Waals surface area contributed by atoms with E-state index < -0.39 is 12.0 Å². The van der Waals surface area contributed by atoms with Crippen molar-refractivity contribution in [1.82, 2.24) is 5.01 Å². The van der Waals surface area contributed by atoms with Crippen LogP contribution in [-0.2, 0) is 4.79 Å². The fourth-order valence-corrected chi connectivity index (χ4v) is 1.80. The molecule has 1 aromatic rings. The van der Waals surface area contributed by atoms with Crippen LogP contribution in [0.15, 0.2) is 27.9 Å². The average molecular weight is 222 g/mol. The Kier molecular flexibility index (Phi) is 3.24. The van der Waals surface area contributed by atoms with Gasteiger partial charge in [-0.15, -0.1) is 0 Å². The Hall–Kier alpha value is -1.78. The molecule has 1 fully saturated rings. The molecule has 86 valence electrons. The molecular weight excluding hydrogens is 208 g/mol. The number of carboxylic acids is 1. The SMILES string of the molecule is O=C(O)C1CCCCN1/N=C/c1ccco1. The topological polar surface area (TPSA) is 66.0 Å². The molecule has 0 aromatic carbocycles. The van der Waals surface area contributed by atoms with Gasteiger partial charge in [0.05, 0.1) is 12.5 Å². The van der Waals surface area contributed by atoms with Gasteiger partial charge in [-0.1, -0.05) is 0 Å². The number of aliphatic carboxylic acids is 1. The molecule has 5 nitrogen and oxygen atoms in total. The maximum absolute atomic E-state index is 11.0. The zero-order valence-electron chi connectivity index (χ0n) is 8.87. The number of hydrazone groups is 1. The summed E-state index contributed by atoms with van der Waals surface area (Å²) in [6.45, 7) is 0.689. The van der Waals surface area contributed by atoms with Gasteiger partial charge in [0, 0.05) is 6.54 Å². The summed E-state index contributed by atoms with van der Waals surface area (Å²) in [6.07, 6.45) is 5.71. The summed E-state index contributed by atoms with van der Waals surface area (Å²) in [5.74, 6) is -0.175. The first kappa shape index (κ1) is 10.7. The van der Waals surface area contributed by atoms with Crippen molar-refractivity contribution in [2.75, 3.05) is 6.54 Å². The summed E-state index contributed by atoms with van der Waals surface area (Å²) < 4.78 is 5.10. The number of rotatable bonds is 3. The lowest BCUT2D eigenvalue weighted by Gasteiger charge is -2.30. The molecular formula is C11H14N2O3. The smallest absolute Gasteiger partial charge is 0.328 e. The fourth-order valence-electron chi connectivity index (χ4n) is 1.80. The van der Waals surface area contributed by atoms with Gasteiger partial charge in [-0.2, -0.15) is 5.10 Å². The van der Waals surface area contributed by atoms with Crippen LogP contribution < -0.4 is 0 Å². The van der Waals surface area contributed by atoms with E-state index in [1.165, 1.54) is 0 Å². The van der Waals surface area contributed by atoms with Crippen molar-refractivity contribution in [3.8, 4) is 0 Å². The van der Waals surface area contributed by atoms with E-state index in [4.69, 9.17) is 9.52 Å². The van der Waals surface area contributed by atoms with Gasteiger partial charge in [0.1, 0.15) is 11.8 Å². The lowest BCUT2D eigenvalue weighted by molar-refractivity contribution is -0.144. The van der Waals surface area contributed by atoms with Gasteiger partial charge in [-0.25, -0.2) is 4.79 Å². The summed E-state index contributed by atoms with van der Waals surface area (Å²) in [6, 6.07) is 3.05. The Bertz CT molecular complexity index is 373. The molecule has 0 amide bonds. The molecule has 0 spiro atoms. The summed E-state index contributed by atoms with van der Waals surface area (Å²) in [7, 11) is 0. The summed E-state index contributed by atoms with van der Waals surface area (Å²) in [5.41, 5.74) is 0. The van der Waals surface area contributed by atoms with Gasteiger partial charge >= 0.3 is 5.97 Å². The van der Waals surface area contributed by atoms with Crippen molar-refractivity contribution in [2.45, 2.75) is 25.3 Å². The fraction of sp³-hybridized carbons (Fsp3) is 0.455. The minimum Gasteiger partial charge on any atom is -0.480 e. The lowest BCUT2D eigenvalue weighted by Crippen LogP contribution is -2.41. The predicted octanol–water partition coefficient (Wildman–Crippen LogP) is 1.55. The first-order valence-electron chi connectivity index (χ1n) is 5.34. The van der Waals surface area contributed by atoms with Crippen LogP contribution in [0.1, 0.15) is 25.0 Å². The molecule has 2 rings (SSSR count). The Balaban J connectivity index is 2.04. The highest BCUT2D eigenvalue weighted by atomic mass is 16.4. The second-order valence-electron chi connectivity index (χ2n) is 3.77. The van der Waals surface area contributed by atoms with Gasteiger partial charge in [0.2, 0.25) is 0 Å². The monoisotopic (exact) mass is 222 g/mol. The molecule has 1 unspecified atom stereocenters. The quantitative estimate of drug-likeness (QED) is 0.788. The first-order valence-corrected chi connectivity index (χ1v) is 5.34. The first-order chi connectivity index (χ1) is 7.77. The van der Waals surface area contributed by atoms with Crippen LogP contribution in [0.25, 0.3) is 0 Å². The Morgan fingerprint density at radius 1 is 1.62 bits per heavy atom. The van der Waals surface area contributed by atoms with Gasteiger partial charge < -0.3 is 9.52 Å². The summed E-state index contributed by atoms with van der Waals surface area (Å²) in [5, 5.41) is 14.8. The summed E-state index contributed by atoms with van der Waals surface area (Å²) >= 11 is 0. The van der Waals surface area contributed by atoms with E-state index >= 15 is 0 Å². The van der Waals surface area contributed by atoms with E-state index in [0.717, 1.165) is 12.8 Å². The number of carboxylic acid groups (broad SMARTS) is 1. The number of carbonyl (C=O) groups is 1. The van der Waals surface area contributed by atoms with Crippen molar-refractivity contribution in [1.29, 1.82) is 0 Å². The molecule has 5 heteroatoms. The molecule has 0 radical (unpaired) electrons. The van der Waals surface area contributed by atoms with Gasteiger partial charge in [-0.3, -0.25) is 5.01 Å². The second-order valence-corrected chi connectivity index (χ2v) is 3.77. The third-order valence-electron chi connectivity index (χ3n) is 2.64. The molecule has 1 saturated heterocycles. The molecule has 1 N–H and O–H groups in total. The molecule has 0 bridgehead atoms. The lowest BCUT2D eigenvalue weighted by atomic mass is 10.0. The number of furan rings is 1. The zero-order chi connectivity index (χ0) is 11.4. The Labute approximate surface area is 93.4 Å². The Morgan fingerprint density at radius 2 is 2.50 bits per heavy atom. The standard InChI is InChI=1S/C11H14N2O3/c14-11(15)10-5-1-2-6-13(10)12-8-9-4-3-7-16-9/h3-4,7-8,10H,1-2,5-6H2,(H,14,15)/b12-8+. The Morgan fingerprint density at radius 3 is 3.19 bits per heavy atom.